The van der Waals surface area contributed by atoms with E-state index in [9.17, 15) is 0 Å². The minimum absolute atomic E-state index is 1.14. The van der Waals surface area contributed by atoms with Crippen molar-refractivity contribution in [2.45, 2.75) is 20.8 Å². The van der Waals surface area contributed by atoms with Crippen molar-refractivity contribution in [3.8, 4) is 0 Å². The molecule has 0 amide bonds. The molecule has 3 heteroatoms. The molecule has 0 aromatic carbocycles. The van der Waals surface area contributed by atoms with Crippen molar-refractivity contribution >= 4 is 14.6 Å². The van der Waals surface area contributed by atoms with Crippen LogP contribution in [0.2, 0.25) is 0 Å². The molecule has 0 unspecified atom stereocenters. The Labute approximate surface area is 78.8 Å². The van der Waals surface area contributed by atoms with Gasteiger partial charge < -0.3 is 0 Å². The first-order chi connectivity index (χ1) is 4.18. The van der Waals surface area contributed by atoms with E-state index in [1.165, 1.54) is 38.7 Å². The molecule has 0 aliphatic carbocycles. The summed E-state index contributed by atoms with van der Waals surface area (Å²) in [4.78, 5) is 3.83. The first-order valence-corrected chi connectivity index (χ1v) is 5.29. The average molecular weight is 463 g/mol. The van der Waals surface area contributed by atoms with Crippen LogP contribution in [0.4, 0.5) is 0 Å². The summed E-state index contributed by atoms with van der Waals surface area (Å²) in [6, 6.07) is 0. The van der Waals surface area contributed by atoms with E-state index in [4.69, 9.17) is 0 Å². The Morgan fingerprint density at radius 2 is 1.78 bits per heavy atom. The second-order valence-electron chi connectivity index (χ2n) is 1.06. The first-order valence-electron chi connectivity index (χ1n) is 2.36. The van der Waals surface area contributed by atoms with Gasteiger partial charge in [-0.15, -0.1) is 0 Å². The Balaban J connectivity index is 0. The molecule has 0 fully saturated rings. The van der Waals surface area contributed by atoms with E-state index in [1.807, 2.05) is 13.8 Å². The molecule has 0 aliphatic rings. The summed E-state index contributed by atoms with van der Waals surface area (Å²) >= 11 is 2.84. The second-order valence-corrected chi connectivity index (χ2v) is 4.65. The number of hydrogen-bond donors (Lipinski definition) is 0. The molecule has 0 rings (SSSR count). The molecular weight excluding hydrogens is 454 g/mol. The normalized spacial score (nSPS) is 7.89. The maximum atomic E-state index is 3.83. The second kappa shape index (κ2) is 11.6. The van der Waals surface area contributed by atoms with Gasteiger partial charge in [0.2, 0.25) is 0 Å². The first kappa shape index (κ1) is 12.5. The Bertz CT molecular complexity index is 108. The van der Waals surface area contributed by atoms with Crippen molar-refractivity contribution in [3.05, 3.63) is 0 Å². The molecule has 0 atom stereocenters. The van der Waals surface area contributed by atoms with Gasteiger partial charge in [0.25, 0.3) is 0 Å². The van der Waals surface area contributed by atoms with Crippen molar-refractivity contribution in [1.82, 2.24) is 0 Å². The zero-order chi connectivity index (χ0) is 7.70. The summed E-state index contributed by atoms with van der Waals surface area (Å²) in [5.41, 5.74) is 0. The van der Waals surface area contributed by atoms with Crippen LogP contribution in [0.3, 0.4) is 0 Å². The van der Waals surface area contributed by atoms with Gasteiger partial charge in [0.05, 0.1) is 0 Å². The third kappa shape index (κ3) is 28.2. The molecule has 0 spiro atoms. The van der Waals surface area contributed by atoms with Crippen molar-refractivity contribution in [3.63, 3.8) is 0 Å². The van der Waals surface area contributed by atoms with Gasteiger partial charge >= 0.3 is 79.1 Å². The molecule has 0 aromatic rings. The summed E-state index contributed by atoms with van der Waals surface area (Å²) in [5.74, 6) is 0. The van der Waals surface area contributed by atoms with Crippen molar-refractivity contribution < 1.29 is 38.7 Å². The Kier molecular flexibility index (Phi) is 16.0. The Hall–Kier alpha value is 0.787. The fraction of sp³-hybridized carbons (Fsp3) is 0.500. The van der Waals surface area contributed by atoms with Crippen LogP contribution in [0.1, 0.15) is 20.8 Å². The third-order valence-corrected chi connectivity index (χ3v) is 0.597. The molecule has 1 nitrogen and oxygen atoms in total. The van der Waals surface area contributed by atoms with Gasteiger partial charge in [0.1, 0.15) is 0 Å². The molecule has 52 valence electrons. The van der Waals surface area contributed by atoms with Crippen LogP contribution >= 0.6 is 0 Å². The fourth-order valence-corrected chi connectivity index (χ4v) is 0.485. The predicted molar refractivity (Wildman–Crippen MR) is 34.5 cm³/mol. The third-order valence-electron chi connectivity index (χ3n) is 0.269. The summed E-state index contributed by atoms with van der Waals surface area (Å²) in [7, 11) is 0. The van der Waals surface area contributed by atoms with E-state index < -0.39 is 0 Å². The van der Waals surface area contributed by atoms with Gasteiger partial charge in [0.15, 0.2) is 0 Å². The topological polar surface area (TPSA) is 12.4 Å². The molecule has 9 heavy (non-hydrogen) atoms. The zero-order valence-corrected chi connectivity index (χ0v) is 11.6. The van der Waals surface area contributed by atoms with Crippen LogP contribution in [-0.4, -0.2) is 14.6 Å². The van der Waals surface area contributed by atoms with E-state index in [1.54, 1.807) is 6.92 Å². The zero-order valence-electron chi connectivity index (χ0n) is 5.76. The molecule has 0 aliphatic heterocycles. The van der Waals surface area contributed by atoms with Crippen molar-refractivity contribution in [2.75, 3.05) is 0 Å². The summed E-state index contributed by atoms with van der Waals surface area (Å²) in [6.45, 7) is 5.69. The van der Waals surface area contributed by atoms with Gasteiger partial charge in [-0.25, -0.2) is 0 Å². The van der Waals surface area contributed by atoms with Gasteiger partial charge in [-0.1, -0.05) is 0 Å². The van der Waals surface area contributed by atoms with E-state index in [0.717, 1.165) is 4.02 Å². The monoisotopic (exact) mass is 463 g/mol. The molecule has 0 bridgehead atoms. The van der Waals surface area contributed by atoms with E-state index in [2.05, 4.69) is 15.6 Å². The van der Waals surface area contributed by atoms with Gasteiger partial charge in [-0.05, 0) is 0 Å². The number of aliphatic imine (C=N–C) groups is 1. The maximum absolute atomic E-state index is 3.83. The average Bonchev–Trinajstić information content (AvgIpc) is 1.67. The molecule has 0 aromatic heterocycles. The number of hydrogen-bond acceptors (Lipinski definition) is 1. The molecule has 0 saturated heterocycles. The Morgan fingerprint density at radius 3 is 1.78 bits per heavy atom. The van der Waals surface area contributed by atoms with Crippen LogP contribution in [0.5, 0.6) is 0 Å². The van der Waals surface area contributed by atoms with Crippen LogP contribution < -0.4 is 0 Å². The van der Waals surface area contributed by atoms with Crippen LogP contribution in [0, 0.1) is 0 Å². The van der Waals surface area contributed by atoms with Crippen LogP contribution in [0.15, 0.2) is 4.99 Å². The summed E-state index contributed by atoms with van der Waals surface area (Å²) < 4.78 is 3.97. The van der Waals surface area contributed by atoms with Gasteiger partial charge in [-0.2, -0.15) is 0 Å². The van der Waals surface area contributed by atoms with E-state index in [-0.39, 0.29) is 0 Å². The molecule has 0 radical (unpaired) electrons. The molecular formula is C6H9NW2-2. The summed E-state index contributed by atoms with van der Waals surface area (Å²) in [6.07, 6.45) is 2.68. The SMILES string of the molecule is C[C-]=N[C](C)=[W].C[C-]=[W]. The predicted octanol–water partition coefficient (Wildman–Crippen LogP) is 0.883. The van der Waals surface area contributed by atoms with Crippen molar-refractivity contribution in [2.24, 2.45) is 4.99 Å². The minimum atomic E-state index is 1.14. The van der Waals surface area contributed by atoms with Gasteiger partial charge in [0, 0.05) is 0 Å². The number of rotatable bonds is 1. The summed E-state index contributed by atoms with van der Waals surface area (Å²) in [5, 5.41) is 0. The molecule has 0 heterocycles. The molecule has 0 saturated carbocycles. The van der Waals surface area contributed by atoms with Crippen molar-refractivity contribution in [1.29, 1.82) is 0 Å². The van der Waals surface area contributed by atoms with Crippen LogP contribution in [0.25, 0.3) is 0 Å². The Morgan fingerprint density at radius 1 is 1.44 bits per heavy atom. The van der Waals surface area contributed by atoms with E-state index >= 15 is 0 Å². The number of nitrogens with zero attached hydrogens (tertiary/aromatic N) is 1. The van der Waals surface area contributed by atoms with Crippen LogP contribution in [-0.2, 0) is 38.7 Å². The van der Waals surface area contributed by atoms with Gasteiger partial charge in [-0.3, -0.25) is 0 Å². The fourth-order valence-electron chi connectivity index (χ4n) is 0.157. The standard InChI is InChI=1S/C4H6N.C2H3.2W/c1-3-5-4-2;1-2;;/h1-2H3;1H3;;/q2*-1;;. The quantitative estimate of drug-likeness (QED) is 0.405. The van der Waals surface area contributed by atoms with E-state index in [0.29, 0.717) is 0 Å². The molecule has 0 N–H and O–H groups in total.